The molecule has 0 saturated heterocycles. The third-order valence-corrected chi connectivity index (χ3v) is 2.96. The molecular weight excluding hydrogens is 272 g/mol. The van der Waals surface area contributed by atoms with Gasteiger partial charge in [0.1, 0.15) is 18.9 Å². The van der Waals surface area contributed by atoms with E-state index in [1.807, 2.05) is 0 Å². The molecule has 7 heteroatoms. The van der Waals surface area contributed by atoms with E-state index in [1.165, 1.54) is 6.20 Å². The average molecular weight is 286 g/mol. The highest BCUT2D eigenvalue weighted by Gasteiger charge is 2.14. The first-order valence-electron chi connectivity index (χ1n) is 6.40. The van der Waals surface area contributed by atoms with Crippen LogP contribution in [-0.4, -0.2) is 24.1 Å². The highest BCUT2D eigenvalue weighted by Crippen LogP contribution is 2.32. The Bertz CT molecular complexity index is 675. The van der Waals surface area contributed by atoms with Crippen molar-refractivity contribution >= 4 is 17.3 Å². The van der Waals surface area contributed by atoms with Crippen LogP contribution >= 0.6 is 0 Å². The first-order valence-corrected chi connectivity index (χ1v) is 6.40. The summed E-state index contributed by atoms with van der Waals surface area (Å²) in [5.41, 5.74) is 3.95. The van der Waals surface area contributed by atoms with Gasteiger partial charge in [-0.25, -0.2) is 0 Å². The number of nitrogens with one attached hydrogen (secondary N) is 2. The minimum atomic E-state index is -0.330. The smallest absolute Gasteiger partial charge is 0.274 e. The Morgan fingerprint density at radius 3 is 2.71 bits per heavy atom. The van der Waals surface area contributed by atoms with Gasteiger partial charge in [0.15, 0.2) is 11.5 Å². The Balaban J connectivity index is 1.78. The van der Waals surface area contributed by atoms with Crippen LogP contribution in [0.2, 0.25) is 0 Å². The fourth-order valence-electron chi connectivity index (χ4n) is 1.96. The molecule has 7 nitrogen and oxygen atoms in total. The van der Waals surface area contributed by atoms with E-state index in [4.69, 9.17) is 15.3 Å². The van der Waals surface area contributed by atoms with E-state index >= 15 is 0 Å². The van der Waals surface area contributed by atoms with E-state index in [-0.39, 0.29) is 11.6 Å². The highest BCUT2D eigenvalue weighted by molar-refractivity contribution is 6.03. The van der Waals surface area contributed by atoms with Gasteiger partial charge in [-0.15, -0.1) is 0 Å². The monoisotopic (exact) mass is 286 g/mol. The molecule has 108 valence electrons. The predicted molar refractivity (Wildman–Crippen MR) is 77.4 cm³/mol. The second-order valence-electron chi connectivity index (χ2n) is 4.39. The number of hydrogen-bond donors (Lipinski definition) is 3. The number of ether oxygens (including phenoxy) is 2. The Morgan fingerprint density at radius 2 is 1.90 bits per heavy atom. The van der Waals surface area contributed by atoms with Gasteiger partial charge < -0.3 is 20.2 Å². The summed E-state index contributed by atoms with van der Waals surface area (Å²) in [7, 11) is 0. The molecule has 0 spiro atoms. The molecule has 0 fully saturated rings. The minimum Gasteiger partial charge on any atom is -0.486 e. The standard InChI is InChI=1S/C14H14N4O3/c15-18-10-3-4-16-11(7-10)14(19)17-9-1-2-12-13(8-9)21-6-5-20-12/h1-4,7-8H,5-6,15H2,(H,16,18)(H,17,19). The molecular formula is C14H14N4O3. The second-order valence-corrected chi connectivity index (χ2v) is 4.39. The van der Waals surface area contributed by atoms with Gasteiger partial charge in [-0.2, -0.15) is 0 Å². The molecule has 0 aliphatic carbocycles. The quantitative estimate of drug-likeness (QED) is 0.582. The van der Waals surface area contributed by atoms with E-state index in [2.05, 4.69) is 15.7 Å². The van der Waals surface area contributed by atoms with Gasteiger partial charge >= 0.3 is 0 Å². The molecule has 1 aromatic heterocycles. The van der Waals surface area contributed by atoms with E-state index in [1.54, 1.807) is 30.3 Å². The molecule has 0 bridgehead atoms. The fourth-order valence-corrected chi connectivity index (χ4v) is 1.96. The maximum atomic E-state index is 12.1. The van der Waals surface area contributed by atoms with E-state index in [9.17, 15) is 4.79 Å². The van der Waals surface area contributed by atoms with Gasteiger partial charge in [0, 0.05) is 18.0 Å². The first kappa shape index (κ1) is 13.2. The van der Waals surface area contributed by atoms with Gasteiger partial charge in [-0.1, -0.05) is 0 Å². The zero-order valence-electron chi connectivity index (χ0n) is 11.1. The Kier molecular flexibility index (Phi) is 3.57. The van der Waals surface area contributed by atoms with Crippen LogP contribution < -0.4 is 26.1 Å². The number of rotatable bonds is 3. The Morgan fingerprint density at radius 1 is 1.10 bits per heavy atom. The van der Waals surface area contributed by atoms with Crippen molar-refractivity contribution in [1.82, 2.24) is 4.98 Å². The van der Waals surface area contributed by atoms with Crippen molar-refractivity contribution in [2.75, 3.05) is 24.0 Å². The van der Waals surface area contributed by atoms with Gasteiger partial charge in [-0.05, 0) is 24.3 Å². The van der Waals surface area contributed by atoms with E-state index in [0.717, 1.165) is 0 Å². The summed E-state index contributed by atoms with van der Waals surface area (Å²) in [5, 5.41) is 2.75. The van der Waals surface area contributed by atoms with Crippen LogP contribution in [0.15, 0.2) is 36.5 Å². The molecule has 0 radical (unpaired) electrons. The summed E-state index contributed by atoms with van der Waals surface area (Å²) in [6.07, 6.45) is 1.51. The van der Waals surface area contributed by atoms with Crippen LogP contribution in [0.1, 0.15) is 10.5 Å². The lowest BCUT2D eigenvalue weighted by molar-refractivity contribution is 0.102. The van der Waals surface area contributed by atoms with Crippen molar-refractivity contribution in [2.45, 2.75) is 0 Å². The summed E-state index contributed by atoms with van der Waals surface area (Å²) in [6.45, 7) is 1.03. The maximum Gasteiger partial charge on any atom is 0.274 e. The Labute approximate surface area is 121 Å². The van der Waals surface area contributed by atoms with Crippen molar-refractivity contribution in [3.8, 4) is 11.5 Å². The lowest BCUT2D eigenvalue weighted by Gasteiger charge is -2.19. The number of nitrogens with zero attached hydrogens (tertiary/aromatic N) is 1. The minimum absolute atomic E-state index is 0.264. The van der Waals surface area contributed by atoms with Crippen LogP contribution in [0.25, 0.3) is 0 Å². The number of fused-ring (bicyclic) bond motifs is 1. The van der Waals surface area contributed by atoms with Crippen LogP contribution in [0.4, 0.5) is 11.4 Å². The Hall–Kier alpha value is -2.80. The molecule has 1 amide bonds. The summed E-state index contributed by atoms with van der Waals surface area (Å²) >= 11 is 0. The number of aromatic nitrogens is 1. The zero-order chi connectivity index (χ0) is 14.7. The summed E-state index contributed by atoms with van der Waals surface area (Å²) in [5.74, 6) is 6.27. The summed E-state index contributed by atoms with van der Waals surface area (Å²) in [6, 6.07) is 8.46. The molecule has 4 N–H and O–H groups in total. The van der Waals surface area contributed by atoms with Crippen molar-refractivity contribution < 1.29 is 14.3 Å². The lowest BCUT2D eigenvalue weighted by atomic mass is 10.2. The zero-order valence-corrected chi connectivity index (χ0v) is 11.1. The SMILES string of the molecule is NNc1ccnc(C(=O)Nc2ccc3c(c2)OCCO3)c1. The van der Waals surface area contributed by atoms with E-state index in [0.29, 0.717) is 36.1 Å². The number of carbonyl (C=O) groups is 1. The van der Waals surface area contributed by atoms with Gasteiger partial charge in [0.05, 0.1) is 5.69 Å². The van der Waals surface area contributed by atoms with Crippen LogP contribution in [0.5, 0.6) is 11.5 Å². The van der Waals surface area contributed by atoms with Gasteiger partial charge in [0.2, 0.25) is 0 Å². The normalized spacial score (nSPS) is 12.6. The number of benzene rings is 1. The van der Waals surface area contributed by atoms with Crippen LogP contribution in [0.3, 0.4) is 0 Å². The predicted octanol–water partition coefficient (Wildman–Crippen LogP) is 1.39. The third-order valence-electron chi connectivity index (χ3n) is 2.96. The van der Waals surface area contributed by atoms with Crippen molar-refractivity contribution in [3.05, 3.63) is 42.2 Å². The van der Waals surface area contributed by atoms with Crippen molar-refractivity contribution in [1.29, 1.82) is 0 Å². The topological polar surface area (TPSA) is 98.5 Å². The number of nitrogens with two attached hydrogens (primary N) is 1. The maximum absolute atomic E-state index is 12.1. The molecule has 2 aromatic rings. The molecule has 21 heavy (non-hydrogen) atoms. The van der Waals surface area contributed by atoms with Crippen molar-refractivity contribution in [2.24, 2.45) is 5.84 Å². The molecule has 0 saturated carbocycles. The average Bonchev–Trinajstić information content (AvgIpc) is 2.54. The molecule has 1 aliphatic heterocycles. The number of pyridine rings is 1. The highest BCUT2D eigenvalue weighted by atomic mass is 16.6. The number of amides is 1. The number of hydrazine groups is 1. The first-order chi connectivity index (χ1) is 10.3. The number of nitrogen functional groups attached to an aromatic ring is 1. The summed E-state index contributed by atoms with van der Waals surface area (Å²) in [4.78, 5) is 16.1. The lowest BCUT2D eigenvalue weighted by Crippen LogP contribution is -2.17. The molecule has 0 atom stereocenters. The van der Waals surface area contributed by atoms with Gasteiger partial charge in [-0.3, -0.25) is 15.6 Å². The molecule has 1 aromatic carbocycles. The second kappa shape index (κ2) is 5.68. The number of hydrogen-bond acceptors (Lipinski definition) is 6. The van der Waals surface area contributed by atoms with Crippen molar-refractivity contribution in [3.63, 3.8) is 0 Å². The van der Waals surface area contributed by atoms with Gasteiger partial charge in [0.25, 0.3) is 5.91 Å². The third kappa shape index (κ3) is 2.87. The molecule has 1 aliphatic rings. The number of anilines is 2. The van der Waals surface area contributed by atoms with E-state index < -0.39 is 0 Å². The molecule has 2 heterocycles. The molecule has 3 rings (SSSR count). The number of carbonyl (C=O) groups excluding carboxylic acids is 1. The molecule has 0 unspecified atom stereocenters. The summed E-state index contributed by atoms with van der Waals surface area (Å²) < 4.78 is 10.9. The largest absolute Gasteiger partial charge is 0.486 e. The fraction of sp³-hybridized carbons (Fsp3) is 0.143. The van der Waals surface area contributed by atoms with Crippen LogP contribution in [0, 0.1) is 0 Å². The van der Waals surface area contributed by atoms with Crippen LogP contribution in [-0.2, 0) is 0 Å².